The molecule has 6 nitrogen and oxygen atoms in total. The second-order valence-corrected chi connectivity index (χ2v) is 7.02. The van der Waals surface area contributed by atoms with Crippen molar-refractivity contribution < 1.29 is 14.6 Å². The summed E-state index contributed by atoms with van der Waals surface area (Å²) < 4.78 is 7.45. The Bertz CT molecular complexity index is 1150. The van der Waals surface area contributed by atoms with E-state index in [4.69, 9.17) is 9.72 Å². The first-order valence-electron chi connectivity index (χ1n) is 7.74. The molecule has 7 heteroatoms. The SMILES string of the molecule is O=C1OCc2c(cc3n(c2=O)Cc2cc4c(Br)cccc4nc2-3)C1O. The molecule has 3 aromatic rings. The van der Waals surface area contributed by atoms with E-state index < -0.39 is 12.1 Å². The molecule has 1 aromatic carbocycles. The molecule has 124 valence electrons. The summed E-state index contributed by atoms with van der Waals surface area (Å²) in [5.41, 5.74) is 3.46. The molecule has 0 bridgehead atoms. The van der Waals surface area contributed by atoms with Crippen LogP contribution in [-0.4, -0.2) is 20.6 Å². The fourth-order valence-electron chi connectivity index (χ4n) is 3.51. The zero-order valence-electron chi connectivity index (χ0n) is 12.8. The highest BCUT2D eigenvalue weighted by molar-refractivity contribution is 9.10. The molecule has 0 radical (unpaired) electrons. The maximum atomic E-state index is 12.8. The minimum atomic E-state index is -1.43. The third kappa shape index (κ3) is 1.96. The summed E-state index contributed by atoms with van der Waals surface area (Å²) in [5.74, 6) is -0.731. The van der Waals surface area contributed by atoms with E-state index in [1.54, 1.807) is 10.6 Å². The van der Waals surface area contributed by atoms with Crippen LogP contribution in [0.3, 0.4) is 0 Å². The number of fused-ring (bicyclic) bond motifs is 5. The summed E-state index contributed by atoms with van der Waals surface area (Å²) >= 11 is 3.53. The van der Waals surface area contributed by atoms with Crippen molar-refractivity contribution in [3.63, 3.8) is 0 Å². The van der Waals surface area contributed by atoms with E-state index in [0.717, 1.165) is 20.9 Å². The summed E-state index contributed by atoms with van der Waals surface area (Å²) in [5, 5.41) is 11.1. The molecule has 5 rings (SSSR count). The third-order valence-corrected chi connectivity index (χ3v) is 5.46. The van der Waals surface area contributed by atoms with Crippen molar-refractivity contribution in [2.24, 2.45) is 0 Å². The van der Waals surface area contributed by atoms with Crippen LogP contribution in [0.25, 0.3) is 22.3 Å². The largest absolute Gasteiger partial charge is 0.458 e. The Labute approximate surface area is 149 Å². The van der Waals surface area contributed by atoms with Gasteiger partial charge in [-0.25, -0.2) is 9.78 Å². The van der Waals surface area contributed by atoms with E-state index in [-0.39, 0.29) is 12.2 Å². The van der Waals surface area contributed by atoms with Crippen LogP contribution in [0.5, 0.6) is 0 Å². The van der Waals surface area contributed by atoms with Crippen molar-refractivity contribution in [3.05, 3.63) is 61.8 Å². The normalized spacial score (nSPS) is 17.8. The summed E-state index contributed by atoms with van der Waals surface area (Å²) in [4.78, 5) is 29.1. The monoisotopic (exact) mass is 398 g/mol. The maximum absolute atomic E-state index is 12.8. The lowest BCUT2D eigenvalue weighted by molar-refractivity contribution is -0.157. The molecule has 1 unspecified atom stereocenters. The Balaban J connectivity index is 1.80. The number of pyridine rings is 2. The molecule has 0 saturated heterocycles. The second-order valence-electron chi connectivity index (χ2n) is 6.17. The number of benzene rings is 1. The van der Waals surface area contributed by atoms with Gasteiger partial charge in [0.1, 0.15) is 6.61 Å². The molecule has 2 aliphatic heterocycles. The van der Waals surface area contributed by atoms with Gasteiger partial charge in [-0.3, -0.25) is 4.79 Å². The molecule has 0 aliphatic carbocycles. The van der Waals surface area contributed by atoms with Crippen molar-refractivity contribution >= 4 is 32.8 Å². The van der Waals surface area contributed by atoms with Gasteiger partial charge in [-0.2, -0.15) is 0 Å². The molecule has 1 N–H and O–H groups in total. The zero-order valence-corrected chi connectivity index (χ0v) is 14.4. The lowest BCUT2D eigenvalue weighted by Gasteiger charge is -2.21. The standard InChI is InChI=1S/C18H11BrN2O4/c19-12-2-1-3-13-10(12)4-8-6-21-14(15(8)20-13)5-9-11(17(21)23)7-25-18(24)16(9)22/h1-5,16,22H,6-7H2. The average Bonchev–Trinajstić information content (AvgIpc) is 2.96. The van der Waals surface area contributed by atoms with E-state index >= 15 is 0 Å². The topological polar surface area (TPSA) is 81.4 Å². The first kappa shape index (κ1) is 14.8. The van der Waals surface area contributed by atoms with Gasteiger partial charge >= 0.3 is 5.97 Å². The Morgan fingerprint density at radius 1 is 1.28 bits per heavy atom. The van der Waals surface area contributed by atoms with E-state index in [1.807, 2.05) is 24.3 Å². The number of rotatable bonds is 0. The third-order valence-electron chi connectivity index (χ3n) is 4.77. The molecular formula is C18H11BrN2O4. The lowest BCUT2D eigenvalue weighted by atomic mass is 10.0. The van der Waals surface area contributed by atoms with Gasteiger partial charge in [-0.1, -0.05) is 22.0 Å². The smallest absolute Gasteiger partial charge is 0.340 e. The van der Waals surface area contributed by atoms with Gasteiger partial charge in [-0.05, 0) is 24.3 Å². The zero-order chi connectivity index (χ0) is 17.3. The Kier molecular flexibility index (Phi) is 2.96. The van der Waals surface area contributed by atoms with Crippen LogP contribution in [0.15, 0.2) is 39.6 Å². The van der Waals surface area contributed by atoms with Crippen LogP contribution in [0, 0.1) is 0 Å². The number of hydrogen-bond donors (Lipinski definition) is 1. The molecular weight excluding hydrogens is 388 g/mol. The Morgan fingerprint density at radius 2 is 2.12 bits per heavy atom. The molecule has 4 heterocycles. The average molecular weight is 399 g/mol. The Hall–Kier alpha value is -2.51. The quantitative estimate of drug-likeness (QED) is 0.459. The molecule has 2 aromatic heterocycles. The molecule has 0 spiro atoms. The minimum absolute atomic E-state index is 0.109. The summed E-state index contributed by atoms with van der Waals surface area (Å²) in [7, 11) is 0. The van der Waals surface area contributed by atoms with E-state index in [1.165, 1.54) is 0 Å². The van der Waals surface area contributed by atoms with Gasteiger partial charge in [0.2, 0.25) is 0 Å². The van der Waals surface area contributed by atoms with Gasteiger partial charge in [-0.15, -0.1) is 0 Å². The van der Waals surface area contributed by atoms with Crippen molar-refractivity contribution in [3.8, 4) is 11.4 Å². The summed E-state index contributed by atoms with van der Waals surface area (Å²) in [6, 6.07) is 9.46. The number of aromatic nitrogens is 2. The highest BCUT2D eigenvalue weighted by atomic mass is 79.9. The van der Waals surface area contributed by atoms with Gasteiger partial charge in [0.25, 0.3) is 5.56 Å². The van der Waals surface area contributed by atoms with E-state index in [2.05, 4.69) is 15.9 Å². The summed E-state index contributed by atoms with van der Waals surface area (Å²) in [6.45, 7) is 0.298. The van der Waals surface area contributed by atoms with Crippen LogP contribution in [-0.2, 0) is 22.7 Å². The highest BCUT2D eigenvalue weighted by Gasteiger charge is 2.33. The van der Waals surface area contributed by atoms with Crippen LogP contribution < -0.4 is 5.56 Å². The summed E-state index contributed by atoms with van der Waals surface area (Å²) in [6.07, 6.45) is -1.43. The van der Waals surface area contributed by atoms with Gasteiger partial charge in [0.05, 0.1) is 29.0 Å². The number of nitrogens with zero attached hydrogens (tertiary/aromatic N) is 2. The van der Waals surface area contributed by atoms with Crippen molar-refractivity contribution in [2.45, 2.75) is 19.3 Å². The fourth-order valence-corrected chi connectivity index (χ4v) is 3.98. The van der Waals surface area contributed by atoms with Gasteiger partial charge in [0.15, 0.2) is 6.10 Å². The first-order chi connectivity index (χ1) is 12.0. The molecule has 0 fully saturated rings. The minimum Gasteiger partial charge on any atom is -0.458 e. The van der Waals surface area contributed by atoms with E-state index in [9.17, 15) is 14.7 Å². The van der Waals surface area contributed by atoms with Crippen LogP contribution in [0.2, 0.25) is 0 Å². The number of carbonyl (C=O) groups excluding carboxylic acids is 1. The second kappa shape index (κ2) is 5.00. The molecule has 0 amide bonds. The number of carbonyl (C=O) groups is 1. The molecule has 1 atom stereocenters. The van der Waals surface area contributed by atoms with Crippen LogP contribution in [0.1, 0.15) is 22.8 Å². The number of cyclic esters (lactones) is 1. The van der Waals surface area contributed by atoms with Gasteiger partial charge < -0.3 is 14.4 Å². The van der Waals surface area contributed by atoms with Gasteiger partial charge in [0, 0.05) is 21.0 Å². The van der Waals surface area contributed by atoms with Crippen molar-refractivity contribution in [2.75, 3.05) is 0 Å². The maximum Gasteiger partial charge on any atom is 0.340 e. The van der Waals surface area contributed by atoms with E-state index in [0.29, 0.717) is 29.1 Å². The number of aliphatic hydroxyl groups excluding tert-OH is 1. The number of aliphatic hydroxyl groups is 1. The number of ether oxygens (including phenoxy) is 1. The van der Waals surface area contributed by atoms with Crippen LogP contribution in [0.4, 0.5) is 0 Å². The number of hydrogen-bond acceptors (Lipinski definition) is 5. The predicted octanol–water partition coefficient (Wildman–Crippen LogP) is 2.28. The van der Waals surface area contributed by atoms with Crippen LogP contribution >= 0.6 is 15.9 Å². The Morgan fingerprint density at radius 3 is 2.96 bits per heavy atom. The highest BCUT2D eigenvalue weighted by Crippen LogP contribution is 2.36. The lowest BCUT2D eigenvalue weighted by Crippen LogP contribution is -2.32. The molecule has 0 saturated carbocycles. The fraction of sp³-hybridized carbons (Fsp3) is 0.167. The van der Waals surface area contributed by atoms with Crippen molar-refractivity contribution in [1.82, 2.24) is 9.55 Å². The molecule has 2 aliphatic rings. The predicted molar refractivity (Wildman–Crippen MR) is 93.0 cm³/mol. The first-order valence-corrected chi connectivity index (χ1v) is 8.54. The number of esters is 1. The van der Waals surface area contributed by atoms with Crippen molar-refractivity contribution in [1.29, 1.82) is 0 Å². The number of halogens is 1. The molecule has 25 heavy (non-hydrogen) atoms.